The molecule has 1 amide bonds. The van der Waals surface area contributed by atoms with Crippen molar-refractivity contribution in [1.82, 2.24) is 5.32 Å². The minimum absolute atomic E-state index is 0.00804. The topological polar surface area (TPSA) is 41.5 Å². The van der Waals surface area contributed by atoms with Crippen molar-refractivity contribution >= 4 is 22.8 Å². The average Bonchev–Trinajstić information content (AvgIpc) is 2.65. The number of thioether (sulfide) groups is 1. The molecular formula is C12H11F3N2OS. The molecule has 7 heteroatoms. The van der Waals surface area contributed by atoms with E-state index in [4.69, 9.17) is 0 Å². The number of amidine groups is 1. The van der Waals surface area contributed by atoms with Gasteiger partial charge in [0.1, 0.15) is 0 Å². The first kappa shape index (κ1) is 13.9. The van der Waals surface area contributed by atoms with E-state index < -0.39 is 16.8 Å². The Hall–Kier alpha value is -1.50. The lowest BCUT2D eigenvalue weighted by atomic mass is 10.1. The summed E-state index contributed by atoms with van der Waals surface area (Å²) in [6.07, 6.45) is -4.61. The number of hydrogen-bond donors (Lipinski definition) is 1. The van der Waals surface area contributed by atoms with Crippen LogP contribution in [0.5, 0.6) is 0 Å². The van der Waals surface area contributed by atoms with Gasteiger partial charge in [-0.05, 0) is 12.5 Å². The minimum atomic E-state index is -4.61. The van der Waals surface area contributed by atoms with Gasteiger partial charge in [-0.3, -0.25) is 9.79 Å². The largest absolute Gasteiger partial charge is 0.412 e. The number of aliphatic imine (C=N–C) groups is 1. The molecular weight excluding hydrogens is 277 g/mol. The predicted octanol–water partition coefficient (Wildman–Crippen LogP) is 2.73. The van der Waals surface area contributed by atoms with Gasteiger partial charge in [-0.15, -0.1) is 0 Å². The molecule has 1 saturated heterocycles. The van der Waals surface area contributed by atoms with Crippen LogP contribution in [0.3, 0.4) is 0 Å². The number of alkyl halides is 3. The van der Waals surface area contributed by atoms with Gasteiger partial charge in [0.25, 0.3) is 5.91 Å². The maximum Gasteiger partial charge on any atom is 0.412 e. The highest BCUT2D eigenvalue weighted by Crippen LogP contribution is 2.44. The normalized spacial score (nSPS) is 25.7. The molecule has 1 fully saturated rings. The van der Waals surface area contributed by atoms with Gasteiger partial charge in [0.2, 0.25) is 0 Å². The third-order valence-corrected chi connectivity index (χ3v) is 3.99. The lowest BCUT2D eigenvalue weighted by Crippen LogP contribution is -2.46. The van der Waals surface area contributed by atoms with Crippen LogP contribution in [-0.4, -0.2) is 22.0 Å². The minimum Gasteiger partial charge on any atom is -0.304 e. The summed E-state index contributed by atoms with van der Waals surface area (Å²) in [5, 5.41) is 2.18. The van der Waals surface area contributed by atoms with E-state index in [1.807, 2.05) is 30.3 Å². The number of rotatable bonds is 2. The molecule has 1 aliphatic rings. The Bertz CT molecular complexity index is 515. The van der Waals surface area contributed by atoms with E-state index in [9.17, 15) is 18.0 Å². The molecule has 1 aromatic carbocycles. The summed E-state index contributed by atoms with van der Waals surface area (Å²) in [7, 11) is 0. The van der Waals surface area contributed by atoms with Crippen LogP contribution < -0.4 is 5.32 Å². The number of halogens is 3. The average molecular weight is 288 g/mol. The second kappa shape index (κ2) is 4.88. The van der Waals surface area contributed by atoms with Gasteiger partial charge in [-0.25, -0.2) is 0 Å². The smallest absolute Gasteiger partial charge is 0.304 e. The number of carbonyl (C=O) groups excluding carboxylic acids is 1. The lowest BCUT2D eigenvalue weighted by molar-refractivity contribution is -0.166. The second-order valence-corrected chi connectivity index (χ2v) is 5.60. The van der Waals surface area contributed by atoms with E-state index in [1.54, 1.807) is 0 Å². The molecule has 3 nitrogen and oxygen atoms in total. The van der Waals surface area contributed by atoms with E-state index >= 15 is 0 Å². The second-order valence-electron chi connectivity index (χ2n) is 4.19. The molecule has 1 N–H and O–H groups in total. The SMILES string of the molecule is CC1(C(F)(F)F)SC(=NCc2ccccc2)NC1=O. The fourth-order valence-corrected chi connectivity index (χ4v) is 2.41. The molecule has 0 spiro atoms. The van der Waals surface area contributed by atoms with Gasteiger partial charge in [-0.1, -0.05) is 42.1 Å². The first-order chi connectivity index (χ1) is 8.83. The van der Waals surface area contributed by atoms with Gasteiger partial charge >= 0.3 is 6.18 Å². The number of hydrogen-bond acceptors (Lipinski definition) is 3. The molecule has 102 valence electrons. The van der Waals surface area contributed by atoms with E-state index in [1.165, 1.54) is 0 Å². The number of nitrogens with zero attached hydrogens (tertiary/aromatic N) is 1. The highest BCUT2D eigenvalue weighted by Gasteiger charge is 2.61. The molecule has 2 rings (SSSR count). The monoisotopic (exact) mass is 288 g/mol. The van der Waals surface area contributed by atoms with Crippen molar-refractivity contribution in [3.8, 4) is 0 Å². The number of carbonyl (C=O) groups is 1. The summed E-state index contributed by atoms with van der Waals surface area (Å²) >= 11 is 0.412. The zero-order chi connectivity index (χ0) is 14.1. The highest BCUT2D eigenvalue weighted by atomic mass is 32.2. The molecule has 0 saturated carbocycles. The highest BCUT2D eigenvalue weighted by molar-refractivity contribution is 8.16. The first-order valence-electron chi connectivity index (χ1n) is 5.48. The van der Waals surface area contributed by atoms with E-state index in [2.05, 4.69) is 10.3 Å². The van der Waals surface area contributed by atoms with Crippen LogP contribution in [0.25, 0.3) is 0 Å². The number of benzene rings is 1. The van der Waals surface area contributed by atoms with Crippen molar-refractivity contribution in [1.29, 1.82) is 0 Å². The Kier molecular flexibility index (Phi) is 3.58. The van der Waals surface area contributed by atoms with Gasteiger partial charge in [0.15, 0.2) is 9.91 Å². The standard InChI is InChI=1S/C12H11F3N2OS/c1-11(12(13,14)15)9(18)17-10(19-11)16-7-8-5-3-2-4-6-8/h2-6H,7H2,1H3,(H,16,17,18). The summed E-state index contributed by atoms with van der Waals surface area (Å²) in [6, 6.07) is 9.10. The molecule has 1 aliphatic heterocycles. The van der Waals surface area contributed by atoms with Crippen LogP contribution in [0.4, 0.5) is 13.2 Å². The summed E-state index contributed by atoms with van der Waals surface area (Å²) < 4.78 is 35.9. The molecule has 1 atom stereocenters. The molecule has 0 aliphatic carbocycles. The summed E-state index contributed by atoms with van der Waals surface area (Å²) in [4.78, 5) is 15.4. The van der Waals surface area contributed by atoms with Gasteiger partial charge in [0, 0.05) is 0 Å². The Labute approximate surface area is 112 Å². The number of nitrogens with one attached hydrogen (secondary N) is 1. The van der Waals surface area contributed by atoms with Crippen molar-refractivity contribution in [3.63, 3.8) is 0 Å². The Morgan fingerprint density at radius 2 is 1.95 bits per heavy atom. The van der Waals surface area contributed by atoms with Crippen molar-refractivity contribution in [2.75, 3.05) is 0 Å². The van der Waals surface area contributed by atoms with Crippen LogP contribution in [0.1, 0.15) is 12.5 Å². The Morgan fingerprint density at radius 1 is 1.32 bits per heavy atom. The van der Waals surface area contributed by atoms with Crippen LogP contribution in [0, 0.1) is 0 Å². The Morgan fingerprint density at radius 3 is 2.47 bits per heavy atom. The van der Waals surface area contributed by atoms with E-state index in [-0.39, 0.29) is 11.7 Å². The van der Waals surface area contributed by atoms with Crippen LogP contribution in [0.2, 0.25) is 0 Å². The van der Waals surface area contributed by atoms with Crippen LogP contribution >= 0.6 is 11.8 Å². The van der Waals surface area contributed by atoms with Gasteiger partial charge in [-0.2, -0.15) is 13.2 Å². The zero-order valence-electron chi connectivity index (χ0n) is 9.99. The maximum absolute atomic E-state index is 12.8. The van der Waals surface area contributed by atoms with Crippen LogP contribution in [0.15, 0.2) is 35.3 Å². The van der Waals surface area contributed by atoms with Crippen molar-refractivity contribution in [2.45, 2.75) is 24.4 Å². The molecule has 1 unspecified atom stereocenters. The molecule has 0 bridgehead atoms. The lowest BCUT2D eigenvalue weighted by Gasteiger charge is -2.21. The quantitative estimate of drug-likeness (QED) is 0.909. The summed E-state index contributed by atoms with van der Waals surface area (Å²) in [5.74, 6) is -1.07. The van der Waals surface area contributed by atoms with E-state index in [0.717, 1.165) is 12.5 Å². The zero-order valence-corrected chi connectivity index (χ0v) is 10.8. The fraction of sp³-hybridized carbons (Fsp3) is 0.333. The third kappa shape index (κ3) is 2.75. The van der Waals surface area contributed by atoms with Gasteiger partial charge < -0.3 is 5.32 Å². The Balaban J connectivity index is 2.11. The van der Waals surface area contributed by atoms with Gasteiger partial charge in [0.05, 0.1) is 6.54 Å². The summed E-state index contributed by atoms with van der Waals surface area (Å²) in [5.41, 5.74) is 0.866. The molecule has 0 radical (unpaired) electrons. The van der Waals surface area contributed by atoms with Crippen molar-refractivity contribution in [2.24, 2.45) is 4.99 Å². The first-order valence-corrected chi connectivity index (χ1v) is 6.30. The predicted molar refractivity (Wildman–Crippen MR) is 67.8 cm³/mol. The fourth-order valence-electron chi connectivity index (χ4n) is 1.49. The molecule has 19 heavy (non-hydrogen) atoms. The van der Waals surface area contributed by atoms with E-state index in [0.29, 0.717) is 11.8 Å². The molecule has 1 heterocycles. The number of amides is 1. The van der Waals surface area contributed by atoms with Crippen LogP contribution in [-0.2, 0) is 11.3 Å². The molecule has 1 aromatic rings. The summed E-state index contributed by atoms with van der Waals surface area (Å²) in [6.45, 7) is 1.09. The third-order valence-electron chi connectivity index (χ3n) is 2.74. The van der Waals surface area contributed by atoms with Crippen molar-refractivity contribution in [3.05, 3.63) is 35.9 Å². The maximum atomic E-state index is 12.8. The molecule has 0 aromatic heterocycles. The van der Waals surface area contributed by atoms with Crippen molar-refractivity contribution < 1.29 is 18.0 Å².